The first-order valence-electron chi connectivity index (χ1n) is 26.1. The highest BCUT2D eigenvalue weighted by Gasteiger charge is 2.44. The Bertz CT molecular complexity index is 1020. The van der Waals surface area contributed by atoms with E-state index in [-0.39, 0.29) is 12.8 Å². The number of carbonyl (C=O) groups is 1. The van der Waals surface area contributed by atoms with Crippen molar-refractivity contribution in [3.63, 3.8) is 0 Å². The summed E-state index contributed by atoms with van der Waals surface area (Å²) in [6, 6.07) is -1.18. The van der Waals surface area contributed by atoms with Gasteiger partial charge in [-0.05, 0) is 38.5 Å². The van der Waals surface area contributed by atoms with E-state index in [1.807, 2.05) is 0 Å². The number of unbranched alkanes of at least 4 members (excludes halogenated alkanes) is 30. The lowest BCUT2D eigenvalue weighted by Gasteiger charge is -2.40. The lowest BCUT2D eigenvalue weighted by atomic mass is 9.98. The summed E-state index contributed by atoms with van der Waals surface area (Å²) in [4.78, 5) is 13.1. The first-order chi connectivity index (χ1) is 30.2. The van der Waals surface area contributed by atoms with Gasteiger partial charge in [-0.3, -0.25) is 4.79 Å². The van der Waals surface area contributed by atoms with E-state index in [1.165, 1.54) is 161 Å². The van der Waals surface area contributed by atoms with Crippen molar-refractivity contribution in [1.82, 2.24) is 5.32 Å². The summed E-state index contributed by atoms with van der Waals surface area (Å²) in [5.74, 6) is -0.704. The highest BCUT2D eigenvalue weighted by Crippen LogP contribution is 2.23. The van der Waals surface area contributed by atoms with Crippen LogP contribution in [0.4, 0.5) is 0 Å². The lowest BCUT2D eigenvalue weighted by molar-refractivity contribution is -0.303. The zero-order valence-corrected chi connectivity index (χ0v) is 39.9. The van der Waals surface area contributed by atoms with Gasteiger partial charge in [0.25, 0.3) is 0 Å². The van der Waals surface area contributed by atoms with Crippen molar-refractivity contribution < 1.29 is 50.0 Å². The van der Waals surface area contributed by atoms with E-state index in [9.17, 15) is 40.5 Å². The van der Waals surface area contributed by atoms with Crippen LogP contribution >= 0.6 is 0 Å². The smallest absolute Gasteiger partial charge is 0.249 e. The maximum Gasteiger partial charge on any atom is 0.249 e. The molecule has 0 spiro atoms. The average Bonchev–Trinajstić information content (AvgIpc) is 3.27. The SMILES string of the molecule is CCCCCCC/C=C/CCCC(O)C(O)C(COC1OC(CO)C(O)C(O)C1O)NC(=O)C(O)CCCCCCCCCCCCCCCCCCCCCCCCCCC. The average molecular weight is 886 g/mol. The molecule has 0 radical (unpaired) electrons. The van der Waals surface area contributed by atoms with Crippen molar-refractivity contribution >= 4 is 5.91 Å². The maximum absolute atomic E-state index is 13.1. The van der Waals surface area contributed by atoms with Gasteiger partial charge < -0.3 is 50.5 Å². The largest absolute Gasteiger partial charge is 0.394 e. The van der Waals surface area contributed by atoms with Crippen LogP contribution in [-0.2, 0) is 14.3 Å². The summed E-state index contributed by atoms with van der Waals surface area (Å²) in [5.41, 5.74) is 0. The number of nitrogens with one attached hydrogen (secondary N) is 1. The van der Waals surface area contributed by atoms with Gasteiger partial charge in [-0.1, -0.05) is 212 Å². The summed E-state index contributed by atoms with van der Waals surface area (Å²) in [7, 11) is 0. The number of carbonyl (C=O) groups excluding carboxylic acids is 1. The van der Waals surface area contributed by atoms with Gasteiger partial charge in [0.2, 0.25) is 5.91 Å². The molecule has 11 nitrogen and oxygen atoms in total. The van der Waals surface area contributed by atoms with Gasteiger partial charge in [0.1, 0.15) is 36.6 Å². The number of aliphatic hydroxyl groups excluding tert-OH is 7. The van der Waals surface area contributed by atoms with E-state index in [0.717, 1.165) is 38.5 Å². The second-order valence-electron chi connectivity index (χ2n) is 18.6. The van der Waals surface area contributed by atoms with Crippen molar-refractivity contribution in [2.24, 2.45) is 0 Å². The Balaban J connectivity index is 2.27. The van der Waals surface area contributed by atoms with Crippen LogP contribution in [0.1, 0.15) is 239 Å². The predicted octanol–water partition coefficient (Wildman–Crippen LogP) is 9.62. The number of allylic oxidation sites excluding steroid dienone is 2. The molecule has 1 rings (SSSR count). The van der Waals surface area contributed by atoms with E-state index in [4.69, 9.17) is 9.47 Å². The van der Waals surface area contributed by atoms with E-state index in [0.29, 0.717) is 12.8 Å². The highest BCUT2D eigenvalue weighted by atomic mass is 16.7. The van der Waals surface area contributed by atoms with Crippen LogP contribution in [0.5, 0.6) is 0 Å². The van der Waals surface area contributed by atoms with Crippen LogP contribution in [0.2, 0.25) is 0 Å². The molecule has 0 aromatic carbocycles. The van der Waals surface area contributed by atoms with E-state index >= 15 is 0 Å². The van der Waals surface area contributed by atoms with E-state index in [1.54, 1.807) is 0 Å². The first kappa shape index (κ1) is 58.9. The molecule has 1 heterocycles. The van der Waals surface area contributed by atoms with E-state index in [2.05, 4.69) is 31.3 Å². The topological polar surface area (TPSA) is 189 Å². The Hall–Kier alpha value is -1.15. The zero-order chi connectivity index (χ0) is 45.5. The number of ether oxygens (including phenoxy) is 2. The molecule has 9 unspecified atom stereocenters. The Morgan fingerprint density at radius 1 is 0.548 bits per heavy atom. The number of amides is 1. The van der Waals surface area contributed by atoms with Crippen molar-refractivity contribution in [2.45, 2.75) is 294 Å². The molecular formula is C51H99NO10. The van der Waals surface area contributed by atoms with Crippen LogP contribution in [0.25, 0.3) is 0 Å². The third-order valence-corrected chi connectivity index (χ3v) is 12.8. The molecule has 1 aliphatic rings. The van der Waals surface area contributed by atoms with Gasteiger partial charge in [-0.2, -0.15) is 0 Å². The third kappa shape index (κ3) is 30.1. The second-order valence-corrected chi connectivity index (χ2v) is 18.6. The summed E-state index contributed by atoms with van der Waals surface area (Å²) < 4.78 is 11.1. The summed E-state index contributed by atoms with van der Waals surface area (Å²) in [5, 5.41) is 75.6. The fourth-order valence-electron chi connectivity index (χ4n) is 8.50. The Kier molecular flexibility index (Phi) is 39.2. The van der Waals surface area contributed by atoms with Gasteiger partial charge >= 0.3 is 0 Å². The number of rotatable bonds is 44. The molecule has 1 amide bonds. The van der Waals surface area contributed by atoms with Crippen molar-refractivity contribution in [3.8, 4) is 0 Å². The normalized spacial score (nSPS) is 21.3. The molecule has 0 bridgehead atoms. The quantitative estimate of drug-likeness (QED) is 0.0216. The Labute approximate surface area is 379 Å². The molecule has 62 heavy (non-hydrogen) atoms. The minimum Gasteiger partial charge on any atom is -0.394 e. The highest BCUT2D eigenvalue weighted by molar-refractivity contribution is 5.80. The van der Waals surface area contributed by atoms with Crippen molar-refractivity contribution in [2.75, 3.05) is 13.2 Å². The summed E-state index contributed by atoms with van der Waals surface area (Å²) in [6.07, 6.45) is 34.3. The number of hydrogen-bond acceptors (Lipinski definition) is 10. The third-order valence-electron chi connectivity index (χ3n) is 12.8. The van der Waals surface area contributed by atoms with Crippen LogP contribution in [0.15, 0.2) is 12.2 Å². The van der Waals surface area contributed by atoms with Gasteiger partial charge in [0.15, 0.2) is 6.29 Å². The second kappa shape index (κ2) is 41.3. The standard InChI is InChI=1S/C51H99NO10/c1-3-5-7-9-11-13-15-16-17-18-19-20-21-22-23-24-25-26-27-28-29-31-33-35-37-39-44(55)50(60)52-42(41-61-51-49(59)48(58)47(57)45(40-53)62-51)46(56)43(54)38-36-34-32-30-14-12-10-8-6-4-2/h30,32,42-49,51,53-59H,3-29,31,33-41H2,1-2H3,(H,52,60)/b32-30+. The van der Waals surface area contributed by atoms with Crippen molar-refractivity contribution in [1.29, 1.82) is 0 Å². The molecule has 8 N–H and O–H groups in total. The lowest BCUT2D eigenvalue weighted by Crippen LogP contribution is -2.60. The molecule has 11 heteroatoms. The maximum atomic E-state index is 13.1. The first-order valence-corrected chi connectivity index (χ1v) is 26.1. The fourth-order valence-corrected chi connectivity index (χ4v) is 8.50. The van der Waals surface area contributed by atoms with Gasteiger partial charge in [0.05, 0.1) is 25.4 Å². The van der Waals surface area contributed by atoms with Crippen LogP contribution < -0.4 is 5.32 Å². The number of aliphatic hydroxyl groups is 7. The molecule has 1 fully saturated rings. The Morgan fingerprint density at radius 3 is 1.39 bits per heavy atom. The molecule has 9 atom stereocenters. The number of hydrogen-bond donors (Lipinski definition) is 8. The minimum absolute atomic E-state index is 0.259. The molecule has 0 saturated carbocycles. The zero-order valence-electron chi connectivity index (χ0n) is 39.9. The Morgan fingerprint density at radius 2 is 0.952 bits per heavy atom. The molecule has 0 aromatic rings. The predicted molar refractivity (Wildman–Crippen MR) is 252 cm³/mol. The molecule has 1 saturated heterocycles. The van der Waals surface area contributed by atoms with Gasteiger partial charge in [0, 0.05) is 0 Å². The van der Waals surface area contributed by atoms with Gasteiger partial charge in [-0.15, -0.1) is 0 Å². The van der Waals surface area contributed by atoms with Crippen LogP contribution in [0.3, 0.4) is 0 Å². The van der Waals surface area contributed by atoms with Gasteiger partial charge in [-0.25, -0.2) is 0 Å². The minimum atomic E-state index is -1.66. The van der Waals surface area contributed by atoms with Crippen molar-refractivity contribution in [3.05, 3.63) is 12.2 Å². The molecular weight excluding hydrogens is 787 g/mol. The van der Waals surface area contributed by atoms with E-state index < -0.39 is 74.2 Å². The summed E-state index contributed by atoms with van der Waals surface area (Å²) in [6.45, 7) is 3.41. The van der Waals surface area contributed by atoms with Crippen LogP contribution in [0, 0.1) is 0 Å². The molecule has 0 aliphatic carbocycles. The monoisotopic (exact) mass is 886 g/mol. The molecule has 368 valence electrons. The molecule has 1 aliphatic heterocycles. The molecule has 0 aromatic heterocycles. The van der Waals surface area contributed by atoms with Crippen LogP contribution in [-0.4, -0.2) is 110 Å². The summed E-state index contributed by atoms with van der Waals surface area (Å²) >= 11 is 0. The fraction of sp³-hybridized carbons (Fsp3) is 0.941.